The minimum atomic E-state index is -0.428. The van der Waals surface area contributed by atoms with Crippen LogP contribution in [0.4, 0.5) is 0 Å². The van der Waals surface area contributed by atoms with Crippen LogP contribution in [-0.4, -0.2) is 11.2 Å². The third-order valence-electron chi connectivity index (χ3n) is 3.05. The zero-order chi connectivity index (χ0) is 15.2. The number of rotatable bonds is 3. The summed E-state index contributed by atoms with van der Waals surface area (Å²) in [4.78, 5) is 0. The lowest BCUT2D eigenvalue weighted by Crippen LogP contribution is -2.10. The Bertz CT molecular complexity index is 651. The Hall–Kier alpha value is -1.95. The SMILES string of the molecule is CC(O)C(C)C#Cc1ccc(Oc2cccc(Cl)c2)cc1. The van der Waals surface area contributed by atoms with E-state index in [1.165, 1.54) is 0 Å². The van der Waals surface area contributed by atoms with Gasteiger partial charge >= 0.3 is 0 Å². The van der Waals surface area contributed by atoms with Crippen molar-refractivity contribution in [1.82, 2.24) is 0 Å². The normalized spacial score (nSPS) is 13.0. The third-order valence-corrected chi connectivity index (χ3v) is 3.29. The molecule has 0 aromatic heterocycles. The zero-order valence-electron chi connectivity index (χ0n) is 12.0. The van der Waals surface area contributed by atoms with Crippen LogP contribution in [0, 0.1) is 17.8 Å². The van der Waals surface area contributed by atoms with E-state index in [0.29, 0.717) is 10.8 Å². The lowest BCUT2D eigenvalue weighted by Gasteiger charge is -2.06. The highest BCUT2D eigenvalue weighted by molar-refractivity contribution is 6.30. The van der Waals surface area contributed by atoms with Crippen molar-refractivity contribution < 1.29 is 9.84 Å². The Morgan fingerprint density at radius 1 is 1.05 bits per heavy atom. The molecule has 0 aliphatic carbocycles. The van der Waals surface area contributed by atoms with Crippen molar-refractivity contribution in [2.75, 3.05) is 0 Å². The second-order valence-corrected chi connectivity index (χ2v) is 5.32. The highest BCUT2D eigenvalue weighted by atomic mass is 35.5. The highest BCUT2D eigenvalue weighted by Crippen LogP contribution is 2.24. The number of halogens is 1. The molecule has 0 aliphatic heterocycles. The van der Waals surface area contributed by atoms with E-state index in [0.717, 1.165) is 11.3 Å². The molecule has 108 valence electrons. The van der Waals surface area contributed by atoms with Crippen LogP contribution in [0.3, 0.4) is 0 Å². The van der Waals surface area contributed by atoms with E-state index in [2.05, 4.69) is 11.8 Å². The molecule has 3 heteroatoms. The van der Waals surface area contributed by atoms with E-state index in [1.54, 1.807) is 19.1 Å². The van der Waals surface area contributed by atoms with E-state index in [9.17, 15) is 5.11 Å². The summed E-state index contributed by atoms with van der Waals surface area (Å²) in [6, 6.07) is 14.8. The predicted molar refractivity (Wildman–Crippen MR) is 85.7 cm³/mol. The molecule has 2 aromatic rings. The summed E-state index contributed by atoms with van der Waals surface area (Å²) in [7, 11) is 0. The molecule has 2 aromatic carbocycles. The molecular formula is C18H17ClO2. The molecule has 0 radical (unpaired) electrons. The number of aliphatic hydroxyl groups excluding tert-OH is 1. The van der Waals surface area contributed by atoms with Crippen LogP contribution in [0.5, 0.6) is 11.5 Å². The largest absolute Gasteiger partial charge is 0.457 e. The molecule has 1 N–H and O–H groups in total. The fraction of sp³-hybridized carbons (Fsp3) is 0.222. The molecular weight excluding hydrogens is 284 g/mol. The first-order chi connectivity index (χ1) is 10.0. The second-order valence-electron chi connectivity index (χ2n) is 4.88. The van der Waals surface area contributed by atoms with Crippen molar-refractivity contribution in [2.45, 2.75) is 20.0 Å². The lowest BCUT2D eigenvalue weighted by molar-refractivity contribution is 0.161. The first-order valence-corrected chi connectivity index (χ1v) is 7.15. The summed E-state index contributed by atoms with van der Waals surface area (Å²) < 4.78 is 5.71. The Kier molecular flexibility index (Phi) is 5.27. The summed E-state index contributed by atoms with van der Waals surface area (Å²) in [5, 5.41) is 10.0. The summed E-state index contributed by atoms with van der Waals surface area (Å²) in [5.41, 5.74) is 0.890. The zero-order valence-corrected chi connectivity index (χ0v) is 12.8. The van der Waals surface area contributed by atoms with Gasteiger partial charge in [-0.2, -0.15) is 0 Å². The van der Waals surface area contributed by atoms with Crippen molar-refractivity contribution in [1.29, 1.82) is 0 Å². The molecule has 0 saturated carbocycles. The van der Waals surface area contributed by atoms with Crippen LogP contribution in [0.1, 0.15) is 19.4 Å². The summed E-state index contributed by atoms with van der Waals surface area (Å²) in [6.07, 6.45) is -0.428. The van der Waals surface area contributed by atoms with Crippen molar-refractivity contribution in [3.63, 3.8) is 0 Å². The average molecular weight is 301 g/mol. The van der Waals surface area contributed by atoms with Crippen molar-refractivity contribution in [3.05, 3.63) is 59.1 Å². The van der Waals surface area contributed by atoms with E-state index in [4.69, 9.17) is 16.3 Å². The molecule has 0 aliphatic rings. The summed E-state index contributed by atoms with van der Waals surface area (Å²) >= 11 is 5.91. The Morgan fingerprint density at radius 2 is 1.76 bits per heavy atom. The van der Waals surface area contributed by atoms with Gasteiger partial charge in [0.2, 0.25) is 0 Å². The van der Waals surface area contributed by atoms with Crippen molar-refractivity contribution in [2.24, 2.45) is 5.92 Å². The van der Waals surface area contributed by atoms with E-state index in [1.807, 2.05) is 43.3 Å². The molecule has 0 saturated heterocycles. The fourth-order valence-corrected chi connectivity index (χ4v) is 1.77. The molecule has 2 rings (SSSR count). The van der Waals surface area contributed by atoms with Gasteiger partial charge in [-0.3, -0.25) is 0 Å². The Labute approximate surface area is 130 Å². The van der Waals surface area contributed by atoms with Gasteiger partial charge in [0.1, 0.15) is 11.5 Å². The first-order valence-electron chi connectivity index (χ1n) is 6.77. The van der Waals surface area contributed by atoms with Gasteiger partial charge in [-0.05, 0) is 56.3 Å². The molecule has 0 fully saturated rings. The molecule has 0 heterocycles. The van der Waals surface area contributed by atoms with Crippen molar-refractivity contribution >= 4 is 11.6 Å². The van der Waals surface area contributed by atoms with Gasteiger partial charge < -0.3 is 9.84 Å². The molecule has 21 heavy (non-hydrogen) atoms. The number of aliphatic hydroxyl groups is 1. The number of hydrogen-bond donors (Lipinski definition) is 1. The van der Waals surface area contributed by atoms with Gasteiger partial charge in [0.25, 0.3) is 0 Å². The molecule has 2 atom stereocenters. The lowest BCUT2D eigenvalue weighted by atomic mass is 10.1. The minimum absolute atomic E-state index is 0.0487. The monoisotopic (exact) mass is 300 g/mol. The van der Waals surface area contributed by atoms with Gasteiger partial charge in [0, 0.05) is 16.5 Å². The Morgan fingerprint density at radius 3 is 2.38 bits per heavy atom. The third kappa shape index (κ3) is 4.82. The van der Waals surface area contributed by atoms with Gasteiger partial charge in [-0.15, -0.1) is 0 Å². The molecule has 0 amide bonds. The van der Waals surface area contributed by atoms with Crippen LogP contribution < -0.4 is 4.74 Å². The standard InChI is InChI=1S/C18H17ClO2/c1-13(14(2)20)6-7-15-8-10-17(11-9-15)21-18-5-3-4-16(19)12-18/h3-5,8-14,20H,1-2H3. The van der Waals surface area contributed by atoms with E-state index in [-0.39, 0.29) is 5.92 Å². The maximum atomic E-state index is 9.40. The highest BCUT2D eigenvalue weighted by Gasteiger charge is 2.03. The maximum Gasteiger partial charge on any atom is 0.128 e. The van der Waals surface area contributed by atoms with Crippen molar-refractivity contribution in [3.8, 4) is 23.3 Å². The van der Waals surface area contributed by atoms with Crippen LogP contribution in [-0.2, 0) is 0 Å². The van der Waals surface area contributed by atoms with Gasteiger partial charge in [-0.25, -0.2) is 0 Å². The van der Waals surface area contributed by atoms with Crippen LogP contribution >= 0.6 is 11.6 Å². The summed E-state index contributed by atoms with van der Waals surface area (Å²) in [5.74, 6) is 7.43. The molecule has 0 bridgehead atoms. The fourth-order valence-electron chi connectivity index (χ4n) is 1.59. The number of hydrogen-bond acceptors (Lipinski definition) is 2. The second kappa shape index (κ2) is 7.17. The summed E-state index contributed by atoms with van der Waals surface area (Å²) in [6.45, 7) is 3.63. The number of benzene rings is 2. The van der Waals surface area contributed by atoms with Crippen LogP contribution in [0.15, 0.2) is 48.5 Å². The molecule has 2 unspecified atom stereocenters. The smallest absolute Gasteiger partial charge is 0.128 e. The molecule has 0 spiro atoms. The molecule has 2 nitrogen and oxygen atoms in total. The van der Waals surface area contributed by atoms with E-state index < -0.39 is 6.10 Å². The predicted octanol–water partition coefficient (Wildman–Crippen LogP) is 4.50. The van der Waals surface area contributed by atoms with E-state index >= 15 is 0 Å². The maximum absolute atomic E-state index is 9.40. The minimum Gasteiger partial charge on any atom is -0.457 e. The Balaban J connectivity index is 2.05. The topological polar surface area (TPSA) is 29.5 Å². The van der Waals surface area contributed by atoms with Gasteiger partial charge in [0.05, 0.1) is 6.10 Å². The number of ether oxygens (including phenoxy) is 1. The van der Waals surface area contributed by atoms with Crippen LogP contribution in [0.25, 0.3) is 0 Å². The van der Waals surface area contributed by atoms with Gasteiger partial charge in [0.15, 0.2) is 0 Å². The average Bonchev–Trinajstić information content (AvgIpc) is 2.46. The first kappa shape index (κ1) is 15.4. The van der Waals surface area contributed by atoms with Crippen LogP contribution in [0.2, 0.25) is 5.02 Å². The van der Waals surface area contributed by atoms with Gasteiger partial charge in [-0.1, -0.05) is 29.5 Å². The quantitative estimate of drug-likeness (QED) is 0.846.